The Morgan fingerprint density at radius 1 is 1.06 bits per heavy atom. The van der Waals surface area contributed by atoms with Crippen molar-refractivity contribution in [2.24, 2.45) is 0 Å². The molecular weight excluding hydrogens is 461 g/mol. The molecular formula is C25H25Cl2N3O3. The van der Waals surface area contributed by atoms with Crippen molar-refractivity contribution in [1.82, 2.24) is 9.47 Å². The lowest BCUT2D eigenvalue weighted by Gasteiger charge is -2.35. The normalized spacial score (nSPS) is 14.2. The summed E-state index contributed by atoms with van der Waals surface area (Å²) in [5, 5.41) is 11.9. The van der Waals surface area contributed by atoms with Gasteiger partial charge >= 0.3 is 0 Å². The highest BCUT2D eigenvalue weighted by molar-refractivity contribution is 6.34. The molecule has 2 aromatic carbocycles. The van der Waals surface area contributed by atoms with Crippen molar-refractivity contribution < 1.29 is 9.72 Å². The molecule has 0 aliphatic heterocycles. The number of benzene rings is 2. The number of carbonyl (C=O) groups excluding carboxylic acids is 1. The summed E-state index contributed by atoms with van der Waals surface area (Å²) in [5.74, 6) is -0.197. The first-order valence-corrected chi connectivity index (χ1v) is 11.8. The minimum atomic E-state index is -0.512. The third-order valence-electron chi connectivity index (χ3n) is 6.17. The summed E-state index contributed by atoms with van der Waals surface area (Å²) in [6, 6.07) is 15.9. The molecule has 0 N–H and O–H groups in total. The Bertz CT molecular complexity index is 1160. The number of nitro groups is 1. The van der Waals surface area contributed by atoms with Crippen LogP contribution >= 0.6 is 23.2 Å². The SMILES string of the molecule is O=C(c1ccc([N+](=O)[O-])cc1Cl)N(Cc1cccn1Cc1cccc(Cl)c1)C1CCCCC1. The standard InChI is InChI=1S/C25H25Cl2N3O3/c26-19-7-4-6-18(14-19)16-28-13-5-10-22(28)17-29(20-8-2-1-3-9-20)25(31)23-12-11-21(30(32)33)15-24(23)27/h4-7,10-15,20H,1-3,8-9,16-17H2. The van der Waals surface area contributed by atoms with Crippen LogP contribution in [0.1, 0.15) is 53.7 Å². The van der Waals surface area contributed by atoms with Crippen LogP contribution in [0.4, 0.5) is 5.69 Å². The van der Waals surface area contributed by atoms with Gasteiger partial charge in [0.25, 0.3) is 11.6 Å². The maximum absolute atomic E-state index is 13.6. The maximum Gasteiger partial charge on any atom is 0.270 e. The van der Waals surface area contributed by atoms with Gasteiger partial charge in [-0.05, 0) is 48.7 Å². The van der Waals surface area contributed by atoms with Crippen LogP contribution in [0.2, 0.25) is 10.0 Å². The maximum atomic E-state index is 13.6. The van der Waals surface area contributed by atoms with Gasteiger partial charge in [-0.3, -0.25) is 14.9 Å². The lowest BCUT2D eigenvalue weighted by Crippen LogP contribution is -2.41. The molecule has 0 radical (unpaired) electrons. The molecule has 1 aliphatic rings. The predicted molar refractivity (Wildman–Crippen MR) is 130 cm³/mol. The Hall–Kier alpha value is -2.83. The largest absolute Gasteiger partial charge is 0.345 e. The van der Waals surface area contributed by atoms with E-state index in [0.29, 0.717) is 23.7 Å². The van der Waals surface area contributed by atoms with Crippen LogP contribution < -0.4 is 0 Å². The van der Waals surface area contributed by atoms with E-state index in [1.165, 1.54) is 24.6 Å². The van der Waals surface area contributed by atoms with Crippen molar-refractivity contribution in [1.29, 1.82) is 0 Å². The summed E-state index contributed by atoms with van der Waals surface area (Å²) in [5.41, 5.74) is 2.25. The number of non-ortho nitro benzene ring substituents is 1. The van der Waals surface area contributed by atoms with E-state index in [4.69, 9.17) is 23.2 Å². The summed E-state index contributed by atoms with van der Waals surface area (Å²) in [4.78, 5) is 26.1. The van der Waals surface area contributed by atoms with E-state index >= 15 is 0 Å². The minimum absolute atomic E-state index is 0.101. The molecule has 1 aliphatic carbocycles. The third kappa shape index (κ3) is 5.57. The molecule has 0 bridgehead atoms. The topological polar surface area (TPSA) is 68.4 Å². The van der Waals surface area contributed by atoms with Crippen LogP contribution in [0.25, 0.3) is 0 Å². The van der Waals surface area contributed by atoms with E-state index in [9.17, 15) is 14.9 Å². The molecule has 0 saturated heterocycles. The minimum Gasteiger partial charge on any atom is -0.345 e. The predicted octanol–water partition coefficient (Wildman–Crippen LogP) is 6.73. The van der Waals surface area contributed by atoms with Gasteiger partial charge in [0.15, 0.2) is 0 Å². The molecule has 172 valence electrons. The van der Waals surface area contributed by atoms with Gasteiger partial charge in [0, 0.05) is 41.6 Å². The Kier molecular flexibility index (Phi) is 7.36. The number of halogens is 2. The van der Waals surface area contributed by atoms with Gasteiger partial charge in [-0.15, -0.1) is 0 Å². The molecule has 1 heterocycles. The number of amides is 1. The number of aromatic nitrogens is 1. The fraction of sp³-hybridized carbons (Fsp3) is 0.320. The molecule has 33 heavy (non-hydrogen) atoms. The Morgan fingerprint density at radius 2 is 1.85 bits per heavy atom. The third-order valence-corrected chi connectivity index (χ3v) is 6.72. The smallest absolute Gasteiger partial charge is 0.270 e. The Morgan fingerprint density at radius 3 is 2.55 bits per heavy atom. The summed E-state index contributed by atoms with van der Waals surface area (Å²) in [6.45, 7) is 1.08. The number of carbonyl (C=O) groups is 1. The second-order valence-corrected chi connectivity index (χ2v) is 9.25. The van der Waals surface area contributed by atoms with E-state index < -0.39 is 4.92 Å². The van der Waals surface area contributed by atoms with Crippen LogP contribution in [-0.2, 0) is 13.1 Å². The van der Waals surface area contributed by atoms with Crippen molar-refractivity contribution in [3.63, 3.8) is 0 Å². The van der Waals surface area contributed by atoms with Gasteiger partial charge in [0.2, 0.25) is 0 Å². The molecule has 0 atom stereocenters. The lowest BCUT2D eigenvalue weighted by molar-refractivity contribution is -0.384. The molecule has 1 fully saturated rings. The molecule has 0 unspecified atom stereocenters. The monoisotopic (exact) mass is 485 g/mol. The van der Waals surface area contributed by atoms with Crippen LogP contribution in [0, 0.1) is 10.1 Å². The van der Waals surface area contributed by atoms with Gasteiger partial charge in [-0.2, -0.15) is 0 Å². The van der Waals surface area contributed by atoms with Crippen molar-refractivity contribution in [3.8, 4) is 0 Å². The second kappa shape index (κ2) is 10.4. The number of hydrogen-bond acceptors (Lipinski definition) is 3. The molecule has 1 saturated carbocycles. The molecule has 6 nitrogen and oxygen atoms in total. The van der Waals surface area contributed by atoms with E-state index in [2.05, 4.69) is 4.57 Å². The van der Waals surface area contributed by atoms with Crippen LogP contribution in [-0.4, -0.2) is 26.3 Å². The molecule has 3 aromatic rings. The quantitative estimate of drug-likeness (QED) is 0.275. The molecule has 1 aromatic heterocycles. The van der Waals surface area contributed by atoms with Crippen LogP contribution in [0.5, 0.6) is 0 Å². The Labute approximate surface area is 202 Å². The van der Waals surface area contributed by atoms with E-state index in [1.54, 1.807) is 0 Å². The molecule has 0 spiro atoms. The number of nitrogens with zero attached hydrogens (tertiary/aromatic N) is 3. The molecule has 8 heteroatoms. The lowest BCUT2D eigenvalue weighted by atomic mass is 9.93. The summed E-state index contributed by atoms with van der Waals surface area (Å²) in [7, 11) is 0. The zero-order valence-electron chi connectivity index (χ0n) is 18.1. The van der Waals surface area contributed by atoms with Gasteiger partial charge in [0.1, 0.15) is 0 Å². The average Bonchev–Trinajstić information content (AvgIpc) is 3.24. The summed E-state index contributed by atoms with van der Waals surface area (Å²) in [6.07, 6.45) is 7.19. The van der Waals surface area contributed by atoms with Crippen molar-refractivity contribution in [2.75, 3.05) is 0 Å². The van der Waals surface area contributed by atoms with E-state index in [-0.39, 0.29) is 22.7 Å². The summed E-state index contributed by atoms with van der Waals surface area (Å²) < 4.78 is 2.12. The van der Waals surface area contributed by atoms with Gasteiger partial charge in [-0.1, -0.05) is 54.6 Å². The first-order chi connectivity index (χ1) is 15.9. The number of nitro benzene ring substituents is 1. The highest BCUT2D eigenvalue weighted by Gasteiger charge is 2.29. The van der Waals surface area contributed by atoms with Gasteiger partial charge in [-0.25, -0.2) is 0 Å². The average molecular weight is 486 g/mol. The highest BCUT2D eigenvalue weighted by Crippen LogP contribution is 2.29. The zero-order chi connectivity index (χ0) is 23.4. The van der Waals surface area contributed by atoms with Crippen LogP contribution in [0.3, 0.4) is 0 Å². The fourth-order valence-corrected chi connectivity index (χ4v) is 4.93. The fourth-order valence-electron chi connectivity index (χ4n) is 4.46. The number of rotatable bonds is 7. The van der Waals surface area contributed by atoms with Gasteiger partial charge < -0.3 is 9.47 Å². The molecule has 4 rings (SSSR count). The second-order valence-electron chi connectivity index (χ2n) is 8.40. The first kappa shape index (κ1) is 23.3. The Balaban J connectivity index is 1.62. The van der Waals surface area contributed by atoms with Crippen molar-refractivity contribution in [3.05, 3.63) is 97.8 Å². The molecule has 1 amide bonds. The summed E-state index contributed by atoms with van der Waals surface area (Å²) >= 11 is 12.5. The van der Waals surface area contributed by atoms with Gasteiger partial charge in [0.05, 0.1) is 22.1 Å². The zero-order valence-corrected chi connectivity index (χ0v) is 19.6. The van der Waals surface area contributed by atoms with E-state index in [0.717, 1.165) is 36.9 Å². The highest BCUT2D eigenvalue weighted by atomic mass is 35.5. The van der Waals surface area contributed by atoms with Crippen LogP contribution in [0.15, 0.2) is 60.8 Å². The van der Waals surface area contributed by atoms with E-state index in [1.807, 2.05) is 47.5 Å². The number of hydrogen-bond donors (Lipinski definition) is 0. The first-order valence-electron chi connectivity index (χ1n) is 11.1. The van der Waals surface area contributed by atoms with Crippen molar-refractivity contribution >= 4 is 34.8 Å². The van der Waals surface area contributed by atoms with Crippen molar-refractivity contribution in [2.45, 2.75) is 51.2 Å².